The molecule has 0 rings (SSSR count). The predicted molar refractivity (Wildman–Crippen MR) is 341 cm³/mol. The fraction of sp³-hybridized carbons (Fsp3) is 0.600. The molecule has 0 aliphatic heterocycles. The molecule has 80 heavy (non-hydrogen) atoms. The Bertz CT molecular complexity index is 1900. The number of hydrogen-bond acceptors (Lipinski definition) is 8. The van der Waals surface area contributed by atoms with E-state index in [1.54, 1.807) is 0 Å². The molecule has 0 amide bonds. The van der Waals surface area contributed by atoms with Gasteiger partial charge in [0.1, 0.15) is 19.8 Å². The second-order valence-electron chi connectivity index (χ2n) is 21.3. The SMILES string of the molecule is CC/C=C\C/C=C\C/C=C\C/C=C\C/C=C\C/C=C\C/C=C\CCCCCCCC(=O)OC(COC(=O)CCCCCCCCCCCC/C=C\C/C=C\C/C=C\C/C=C\C/C=C\C/C=C\CC)COP(=O)([O-])OCC[N+](C)(C)C. The molecule has 0 fully saturated rings. The third kappa shape index (κ3) is 62.8. The molecule has 0 aromatic rings. The number of rotatable bonds is 55. The van der Waals surface area contributed by atoms with Crippen molar-refractivity contribution in [1.29, 1.82) is 0 Å². The first-order valence-corrected chi connectivity index (χ1v) is 32.7. The maximum atomic E-state index is 12.8. The monoisotopic (exact) mass is 1130 g/mol. The summed E-state index contributed by atoms with van der Waals surface area (Å²) in [6, 6.07) is 0. The van der Waals surface area contributed by atoms with Crippen molar-refractivity contribution in [1.82, 2.24) is 0 Å². The number of ether oxygens (including phenoxy) is 2. The van der Waals surface area contributed by atoms with Crippen LogP contribution < -0.4 is 4.89 Å². The molecule has 0 spiro atoms. The van der Waals surface area contributed by atoms with Gasteiger partial charge in [-0.05, 0) is 122 Å². The molecule has 0 aliphatic carbocycles. The molecule has 10 heteroatoms. The highest BCUT2D eigenvalue weighted by molar-refractivity contribution is 7.45. The molecule has 0 aromatic carbocycles. The lowest BCUT2D eigenvalue weighted by molar-refractivity contribution is -0.870. The first-order valence-electron chi connectivity index (χ1n) is 31.2. The van der Waals surface area contributed by atoms with Crippen molar-refractivity contribution < 1.29 is 42.1 Å². The average Bonchev–Trinajstić information content (AvgIpc) is 3.42. The minimum Gasteiger partial charge on any atom is -0.756 e. The number of carbonyl (C=O) groups is 2. The number of hydrogen-bond donors (Lipinski definition) is 0. The number of nitrogens with zero attached hydrogens (tertiary/aromatic N) is 1. The number of likely N-dealkylation sites (N-methyl/N-ethyl adjacent to an activating group) is 1. The molecule has 0 radical (unpaired) electrons. The average molecular weight is 1130 g/mol. The van der Waals surface area contributed by atoms with E-state index in [1.807, 2.05) is 21.1 Å². The van der Waals surface area contributed by atoms with Crippen LogP contribution in [0.3, 0.4) is 0 Å². The second-order valence-corrected chi connectivity index (χ2v) is 22.7. The van der Waals surface area contributed by atoms with E-state index >= 15 is 0 Å². The van der Waals surface area contributed by atoms with Gasteiger partial charge >= 0.3 is 11.9 Å². The lowest BCUT2D eigenvalue weighted by Crippen LogP contribution is -2.37. The Labute approximate surface area is 490 Å². The Morgan fingerprint density at radius 2 is 0.675 bits per heavy atom. The fourth-order valence-electron chi connectivity index (χ4n) is 7.82. The smallest absolute Gasteiger partial charge is 0.306 e. The van der Waals surface area contributed by atoms with E-state index in [0.717, 1.165) is 141 Å². The van der Waals surface area contributed by atoms with Crippen LogP contribution in [0.15, 0.2) is 158 Å². The summed E-state index contributed by atoms with van der Waals surface area (Å²) in [6.45, 7) is 3.96. The van der Waals surface area contributed by atoms with Crippen LogP contribution in [-0.2, 0) is 32.7 Å². The highest BCUT2D eigenvalue weighted by atomic mass is 31.2. The molecule has 0 bridgehead atoms. The molecule has 0 N–H and O–H groups in total. The van der Waals surface area contributed by atoms with Gasteiger partial charge in [-0.15, -0.1) is 0 Å². The molecule has 2 unspecified atom stereocenters. The molecule has 0 saturated carbocycles. The topological polar surface area (TPSA) is 111 Å². The summed E-state index contributed by atoms with van der Waals surface area (Å²) in [4.78, 5) is 38.0. The van der Waals surface area contributed by atoms with Crippen molar-refractivity contribution in [3.63, 3.8) is 0 Å². The van der Waals surface area contributed by atoms with Gasteiger partial charge in [0, 0.05) is 12.8 Å². The molecule has 9 nitrogen and oxygen atoms in total. The molecular weight excluding hydrogens is 1010 g/mol. The zero-order valence-corrected chi connectivity index (χ0v) is 52.1. The van der Waals surface area contributed by atoms with Crippen LogP contribution in [0.25, 0.3) is 0 Å². The highest BCUT2D eigenvalue weighted by Crippen LogP contribution is 2.38. The van der Waals surface area contributed by atoms with E-state index < -0.39 is 32.5 Å². The molecule has 452 valence electrons. The Kier molecular flexibility index (Phi) is 56.0. The second kappa shape index (κ2) is 59.3. The van der Waals surface area contributed by atoms with Crippen molar-refractivity contribution in [2.75, 3.05) is 47.5 Å². The summed E-state index contributed by atoms with van der Waals surface area (Å²) in [7, 11) is 1.12. The fourth-order valence-corrected chi connectivity index (χ4v) is 8.54. The van der Waals surface area contributed by atoms with Gasteiger partial charge in [0.2, 0.25) is 0 Å². The Morgan fingerprint density at radius 3 is 1.00 bits per heavy atom. The number of quaternary nitrogens is 1. The first-order chi connectivity index (χ1) is 39.0. The third-order valence-corrected chi connectivity index (χ3v) is 13.5. The number of phosphoric acid groups is 1. The maximum absolute atomic E-state index is 12.8. The van der Waals surface area contributed by atoms with Crippen LogP contribution in [0.2, 0.25) is 0 Å². The predicted octanol–water partition coefficient (Wildman–Crippen LogP) is 19.4. The Hall–Kier alpha value is -4.37. The van der Waals surface area contributed by atoms with Crippen LogP contribution in [0.4, 0.5) is 0 Å². The first kappa shape index (κ1) is 75.6. The number of esters is 2. The quantitative estimate of drug-likeness (QED) is 0.0195. The van der Waals surface area contributed by atoms with Crippen molar-refractivity contribution in [2.24, 2.45) is 0 Å². The Morgan fingerprint density at radius 1 is 0.388 bits per heavy atom. The number of allylic oxidation sites excluding steroid dienone is 26. The van der Waals surface area contributed by atoms with E-state index in [0.29, 0.717) is 23.9 Å². The van der Waals surface area contributed by atoms with Crippen molar-refractivity contribution in [2.45, 2.75) is 225 Å². The number of phosphoric ester groups is 1. The van der Waals surface area contributed by atoms with Gasteiger partial charge in [0.05, 0.1) is 27.7 Å². The standard InChI is InChI=1S/C70H114NO8P/c1-6-8-10-12-14-16-18-20-22-24-26-28-30-32-34-35-37-38-40-42-44-46-48-50-52-54-56-58-60-62-69(72)76-66-68(67-78-80(74,75)77-65-64-71(3,4)5)79-70(73)63-61-59-57-55-53-51-49-47-45-43-41-39-36-33-31-29-27-25-23-21-19-17-15-13-11-9-7-2/h8-11,14-17,20-23,26-29,32-34,36-38,41,43,47,49,68H,6-7,12-13,18-19,24-25,30-31,35,39-40,42,44-46,48,50-67H2,1-5H3/b10-8-,11-9-,16-14-,17-15-,22-20-,23-21-,28-26-,29-27-,34-32-,36-33-,38-37-,43-41-,49-47-. The minimum atomic E-state index is -4.66. The van der Waals surface area contributed by atoms with E-state index in [1.165, 1.54) is 38.5 Å². The summed E-state index contributed by atoms with van der Waals surface area (Å²) in [5.74, 6) is -0.872. The van der Waals surface area contributed by atoms with Crippen molar-refractivity contribution in [3.05, 3.63) is 158 Å². The summed E-state index contributed by atoms with van der Waals surface area (Å²) in [5.41, 5.74) is 0. The summed E-state index contributed by atoms with van der Waals surface area (Å²) >= 11 is 0. The maximum Gasteiger partial charge on any atom is 0.306 e. The van der Waals surface area contributed by atoms with Crippen molar-refractivity contribution >= 4 is 19.8 Å². The largest absolute Gasteiger partial charge is 0.756 e. The summed E-state index contributed by atoms with van der Waals surface area (Å²) in [5, 5.41) is 0. The normalized spacial score (nSPS) is 14.3. The summed E-state index contributed by atoms with van der Waals surface area (Å²) < 4.78 is 34.2. The van der Waals surface area contributed by atoms with Gasteiger partial charge in [0.25, 0.3) is 7.82 Å². The van der Waals surface area contributed by atoms with E-state index in [9.17, 15) is 19.0 Å². The minimum absolute atomic E-state index is 0.0450. The lowest BCUT2D eigenvalue weighted by Gasteiger charge is -2.28. The van der Waals surface area contributed by atoms with Crippen LogP contribution >= 0.6 is 7.82 Å². The van der Waals surface area contributed by atoms with E-state index in [4.69, 9.17) is 18.5 Å². The van der Waals surface area contributed by atoms with Crippen LogP contribution in [0, 0.1) is 0 Å². The van der Waals surface area contributed by atoms with E-state index in [2.05, 4.69) is 172 Å². The molecule has 0 heterocycles. The molecule has 0 aliphatic rings. The van der Waals surface area contributed by atoms with Gasteiger partial charge in [-0.3, -0.25) is 14.2 Å². The Balaban J connectivity index is 4.24. The third-order valence-electron chi connectivity index (χ3n) is 12.5. The molecular formula is C70H114NO8P. The molecule has 0 aromatic heterocycles. The highest BCUT2D eigenvalue weighted by Gasteiger charge is 2.22. The van der Waals surface area contributed by atoms with Gasteiger partial charge in [0.15, 0.2) is 6.10 Å². The van der Waals surface area contributed by atoms with Gasteiger partial charge < -0.3 is 27.9 Å². The summed E-state index contributed by atoms with van der Waals surface area (Å²) in [6.07, 6.45) is 88.6. The number of carbonyl (C=O) groups excluding carboxylic acids is 2. The van der Waals surface area contributed by atoms with Gasteiger partial charge in [-0.2, -0.15) is 0 Å². The van der Waals surface area contributed by atoms with Gasteiger partial charge in [-0.1, -0.05) is 242 Å². The van der Waals surface area contributed by atoms with Crippen molar-refractivity contribution in [3.8, 4) is 0 Å². The van der Waals surface area contributed by atoms with Crippen LogP contribution in [-0.4, -0.2) is 70.0 Å². The van der Waals surface area contributed by atoms with E-state index in [-0.39, 0.29) is 26.1 Å². The zero-order valence-electron chi connectivity index (χ0n) is 51.2. The molecule has 2 atom stereocenters. The van der Waals surface area contributed by atoms with Crippen LogP contribution in [0.1, 0.15) is 219 Å². The number of unbranched alkanes of at least 4 members (excludes halogenated alkanes) is 15. The van der Waals surface area contributed by atoms with Gasteiger partial charge in [-0.25, -0.2) is 0 Å². The zero-order chi connectivity index (χ0) is 58.4. The van der Waals surface area contributed by atoms with Crippen LogP contribution in [0.5, 0.6) is 0 Å². The molecule has 0 saturated heterocycles. The lowest BCUT2D eigenvalue weighted by atomic mass is 10.1.